The predicted molar refractivity (Wildman–Crippen MR) is 142 cm³/mol. The summed E-state index contributed by atoms with van der Waals surface area (Å²) in [6, 6.07) is 9.85. The summed E-state index contributed by atoms with van der Waals surface area (Å²) in [6.45, 7) is 1.04. The number of benzene rings is 1. The van der Waals surface area contributed by atoms with Gasteiger partial charge in [-0.05, 0) is 53.9 Å². The minimum atomic E-state index is -4.66. The van der Waals surface area contributed by atoms with E-state index in [9.17, 15) is 23.1 Å². The van der Waals surface area contributed by atoms with Gasteiger partial charge in [0.05, 0.1) is 11.3 Å². The third-order valence-electron chi connectivity index (χ3n) is 6.64. The number of allylic oxidation sites excluding steroid dienone is 3. The van der Waals surface area contributed by atoms with E-state index in [-0.39, 0.29) is 48.9 Å². The Labute approximate surface area is 222 Å². The quantitative estimate of drug-likeness (QED) is 0.525. The largest absolute Gasteiger partial charge is 0.433 e. The molecular formula is C27H26F3N5O2S. The second-order valence-electron chi connectivity index (χ2n) is 9.06. The molecule has 3 atom stereocenters. The fraction of sp³-hybridized carbons (Fsp3) is 0.296. The second-order valence-corrected chi connectivity index (χ2v) is 10.0. The van der Waals surface area contributed by atoms with Crippen LogP contribution in [-0.2, 0) is 6.18 Å². The van der Waals surface area contributed by atoms with Gasteiger partial charge in [-0.3, -0.25) is 19.7 Å². The first-order valence-corrected chi connectivity index (χ1v) is 13.0. The van der Waals surface area contributed by atoms with Crippen molar-refractivity contribution in [3.63, 3.8) is 0 Å². The molecule has 1 aromatic carbocycles. The fourth-order valence-electron chi connectivity index (χ4n) is 4.62. The number of nitrogens with zero attached hydrogens (tertiary/aromatic N) is 4. The van der Waals surface area contributed by atoms with Gasteiger partial charge in [-0.1, -0.05) is 30.4 Å². The van der Waals surface area contributed by atoms with Gasteiger partial charge in [0.25, 0.3) is 5.91 Å². The summed E-state index contributed by atoms with van der Waals surface area (Å²) >= 11 is 1.56. The number of pyridine rings is 1. The van der Waals surface area contributed by atoms with Crippen LogP contribution in [0.1, 0.15) is 27.8 Å². The van der Waals surface area contributed by atoms with E-state index < -0.39 is 18.1 Å². The number of hydrogen-bond donors (Lipinski definition) is 2. The monoisotopic (exact) mass is 541 g/mol. The SMILES string of the molecule is O=C(c1ccc(NSC2C=CC=C3C=CC=NC32)cc1)N1CCN(C(O)c2cccnc2C(F)(F)F)CC1. The van der Waals surface area contributed by atoms with Gasteiger partial charge in [-0.25, -0.2) is 0 Å². The zero-order valence-corrected chi connectivity index (χ0v) is 21.1. The molecule has 3 heterocycles. The summed E-state index contributed by atoms with van der Waals surface area (Å²) in [5.41, 5.74) is 1.16. The lowest BCUT2D eigenvalue weighted by Crippen LogP contribution is -2.49. The van der Waals surface area contributed by atoms with Crippen molar-refractivity contribution >= 4 is 29.8 Å². The molecule has 1 aromatic heterocycles. The average Bonchev–Trinajstić information content (AvgIpc) is 2.95. The number of carbonyl (C=O) groups is 1. The van der Waals surface area contributed by atoms with Gasteiger partial charge in [0.1, 0.15) is 6.23 Å². The number of amides is 1. The Morgan fingerprint density at radius 1 is 1.11 bits per heavy atom. The summed E-state index contributed by atoms with van der Waals surface area (Å²) in [4.78, 5) is 24.2. The summed E-state index contributed by atoms with van der Waals surface area (Å²) in [5.74, 6) is -0.163. The molecule has 2 aromatic rings. The summed E-state index contributed by atoms with van der Waals surface area (Å²) < 4.78 is 43.3. The van der Waals surface area contributed by atoms with Crippen molar-refractivity contribution in [1.82, 2.24) is 14.8 Å². The molecule has 0 spiro atoms. The number of nitrogens with one attached hydrogen (secondary N) is 1. The number of alkyl halides is 3. The van der Waals surface area contributed by atoms with Gasteiger partial charge in [0, 0.05) is 55.4 Å². The van der Waals surface area contributed by atoms with Crippen LogP contribution in [0.25, 0.3) is 0 Å². The van der Waals surface area contributed by atoms with Crippen molar-refractivity contribution in [3.8, 4) is 0 Å². The molecule has 3 aliphatic rings. The normalized spacial score (nSPS) is 22.1. The Hall–Kier alpha value is -3.41. The van der Waals surface area contributed by atoms with Gasteiger partial charge in [-0.2, -0.15) is 13.2 Å². The van der Waals surface area contributed by atoms with E-state index in [1.807, 2.05) is 30.5 Å². The van der Waals surface area contributed by atoms with Crippen molar-refractivity contribution in [3.05, 3.63) is 95.4 Å². The first-order chi connectivity index (χ1) is 18.3. The first-order valence-electron chi connectivity index (χ1n) is 12.1. The molecule has 38 heavy (non-hydrogen) atoms. The van der Waals surface area contributed by atoms with Crippen molar-refractivity contribution in [2.75, 3.05) is 30.9 Å². The minimum absolute atomic E-state index is 0.0683. The maximum absolute atomic E-state index is 13.3. The number of aromatic nitrogens is 1. The third-order valence-corrected chi connectivity index (χ3v) is 7.68. The minimum Gasteiger partial charge on any atom is -0.374 e. The third kappa shape index (κ3) is 5.69. The topological polar surface area (TPSA) is 81.1 Å². The number of hydrogen-bond acceptors (Lipinski definition) is 7. The number of fused-ring (bicyclic) bond motifs is 1. The molecular weight excluding hydrogens is 515 g/mol. The Balaban J connectivity index is 1.14. The average molecular weight is 542 g/mol. The molecule has 1 aliphatic carbocycles. The molecule has 1 fully saturated rings. The molecule has 0 radical (unpaired) electrons. The maximum Gasteiger partial charge on any atom is 0.433 e. The van der Waals surface area contributed by atoms with Gasteiger partial charge in [0.2, 0.25) is 0 Å². The number of anilines is 1. The summed E-state index contributed by atoms with van der Waals surface area (Å²) in [6.07, 6.45) is 6.94. The molecule has 198 valence electrons. The summed E-state index contributed by atoms with van der Waals surface area (Å²) in [5, 5.41) is 10.8. The van der Waals surface area contributed by atoms with Crippen LogP contribution in [0.3, 0.4) is 0 Å². The highest BCUT2D eigenvalue weighted by atomic mass is 32.2. The Morgan fingerprint density at radius 3 is 2.61 bits per heavy atom. The van der Waals surface area contributed by atoms with Crippen LogP contribution in [0.15, 0.2) is 83.5 Å². The zero-order chi connectivity index (χ0) is 26.7. The summed E-state index contributed by atoms with van der Waals surface area (Å²) in [7, 11) is 0. The highest BCUT2D eigenvalue weighted by Gasteiger charge is 2.38. The van der Waals surface area contributed by atoms with Crippen LogP contribution >= 0.6 is 11.9 Å². The second kappa shape index (κ2) is 11.1. The number of rotatable bonds is 6. The van der Waals surface area contributed by atoms with Crippen molar-refractivity contribution in [1.29, 1.82) is 0 Å². The number of piperazine rings is 1. The lowest BCUT2D eigenvalue weighted by Gasteiger charge is -2.37. The van der Waals surface area contributed by atoms with E-state index in [1.54, 1.807) is 29.0 Å². The van der Waals surface area contributed by atoms with E-state index in [0.717, 1.165) is 11.9 Å². The van der Waals surface area contributed by atoms with Gasteiger partial charge in [0.15, 0.2) is 5.69 Å². The number of carbonyl (C=O) groups excluding carboxylic acids is 1. The van der Waals surface area contributed by atoms with Crippen LogP contribution < -0.4 is 4.72 Å². The molecule has 2 aliphatic heterocycles. The zero-order valence-electron chi connectivity index (χ0n) is 20.3. The molecule has 11 heteroatoms. The van der Waals surface area contributed by atoms with Crippen LogP contribution in [-0.4, -0.2) is 69.5 Å². The molecule has 5 rings (SSSR count). The molecule has 3 unspecified atom stereocenters. The Kier molecular flexibility index (Phi) is 7.68. The van der Waals surface area contributed by atoms with E-state index in [0.29, 0.717) is 5.56 Å². The Bertz CT molecular complexity index is 1280. The molecule has 0 bridgehead atoms. The van der Waals surface area contributed by atoms with Crippen molar-refractivity contribution in [2.24, 2.45) is 4.99 Å². The number of aliphatic hydroxyl groups excluding tert-OH is 1. The number of aliphatic imine (C=N–C) groups is 1. The Morgan fingerprint density at radius 2 is 1.87 bits per heavy atom. The number of aliphatic hydroxyl groups is 1. The molecule has 0 saturated carbocycles. The maximum atomic E-state index is 13.3. The smallest absolute Gasteiger partial charge is 0.374 e. The standard InChI is InChI=1S/C27H26F3N5O2S/c28-27(29,30)24-21(6-3-13-32-24)26(37)35-16-14-34(15-17-35)25(36)19-8-10-20(11-9-19)33-38-22-7-1-4-18-5-2-12-31-23(18)22/h1-13,22-23,26,33,37H,14-17H2. The lowest BCUT2D eigenvalue weighted by atomic mass is 9.97. The highest BCUT2D eigenvalue weighted by molar-refractivity contribution is 8.01. The van der Waals surface area contributed by atoms with E-state index in [4.69, 9.17) is 0 Å². The van der Waals surface area contributed by atoms with Crippen LogP contribution in [0, 0.1) is 0 Å². The van der Waals surface area contributed by atoms with Crippen LogP contribution in [0.4, 0.5) is 18.9 Å². The van der Waals surface area contributed by atoms with Gasteiger partial charge >= 0.3 is 6.18 Å². The van der Waals surface area contributed by atoms with Gasteiger partial charge in [-0.15, -0.1) is 0 Å². The number of dihydropyridines is 1. The van der Waals surface area contributed by atoms with Gasteiger partial charge < -0.3 is 14.7 Å². The van der Waals surface area contributed by atoms with Crippen molar-refractivity contribution in [2.45, 2.75) is 23.7 Å². The van der Waals surface area contributed by atoms with Crippen LogP contribution in [0.2, 0.25) is 0 Å². The fourth-order valence-corrected chi connectivity index (χ4v) is 5.56. The van der Waals surface area contributed by atoms with Crippen LogP contribution in [0.5, 0.6) is 0 Å². The van der Waals surface area contributed by atoms with Crippen molar-refractivity contribution < 1.29 is 23.1 Å². The lowest BCUT2D eigenvalue weighted by molar-refractivity contribution is -0.144. The van der Waals surface area contributed by atoms with E-state index in [2.05, 4.69) is 32.9 Å². The molecule has 1 amide bonds. The number of halogens is 3. The molecule has 2 N–H and O–H groups in total. The first kappa shape index (κ1) is 26.2. The molecule has 1 saturated heterocycles. The predicted octanol–water partition coefficient (Wildman–Crippen LogP) is 4.48. The highest BCUT2D eigenvalue weighted by Crippen LogP contribution is 2.34. The van der Waals surface area contributed by atoms with E-state index in [1.165, 1.54) is 22.6 Å². The molecule has 7 nitrogen and oxygen atoms in total. The van der Waals surface area contributed by atoms with E-state index >= 15 is 0 Å².